The maximum Gasteiger partial charge on any atom is 0.336 e. The third kappa shape index (κ3) is 2.42. The van der Waals surface area contributed by atoms with Crippen molar-refractivity contribution in [2.75, 3.05) is 11.9 Å². The van der Waals surface area contributed by atoms with E-state index in [9.17, 15) is 4.79 Å². The smallest absolute Gasteiger partial charge is 0.336 e. The monoisotopic (exact) mass is 244 g/mol. The van der Waals surface area contributed by atoms with Crippen molar-refractivity contribution in [2.24, 2.45) is 0 Å². The van der Waals surface area contributed by atoms with Crippen molar-refractivity contribution >= 4 is 22.6 Å². The van der Waals surface area contributed by atoms with Crippen molar-refractivity contribution in [1.29, 1.82) is 0 Å². The number of nitrogens with one attached hydrogen (secondary N) is 1. The Bertz CT molecular complexity index is 567. The van der Waals surface area contributed by atoms with E-state index in [1.807, 2.05) is 6.07 Å². The van der Waals surface area contributed by atoms with Crippen LogP contribution in [0.4, 0.5) is 5.82 Å². The van der Waals surface area contributed by atoms with E-state index in [1.54, 1.807) is 24.4 Å². The fourth-order valence-electron chi connectivity index (χ4n) is 1.92. The van der Waals surface area contributed by atoms with Gasteiger partial charge < -0.3 is 10.4 Å². The lowest BCUT2D eigenvalue weighted by molar-refractivity contribution is 0.0699. The maximum absolute atomic E-state index is 11.1. The Balaban J connectivity index is 2.43. The normalized spacial score (nSPS) is 10.5. The molecular formula is C14H16N2O2. The second kappa shape index (κ2) is 5.49. The van der Waals surface area contributed by atoms with Gasteiger partial charge in [0.25, 0.3) is 0 Å². The van der Waals surface area contributed by atoms with Crippen LogP contribution in [0.1, 0.15) is 30.1 Å². The molecule has 2 rings (SSSR count). The van der Waals surface area contributed by atoms with Crippen molar-refractivity contribution < 1.29 is 9.90 Å². The van der Waals surface area contributed by atoms with Gasteiger partial charge in [0.15, 0.2) is 0 Å². The first-order chi connectivity index (χ1) is 8.74. The minimum absolute atomic E-state index is 0.313. The molecule has 2 aromatic rings. The van der Waals surface area contributed by atoms with E-state index in [-0.39, 0.29) is 0 Å². The van der Waals surface area contributed by atoms with Gasteiger partial charge in [-0.3, -0.25) is 0 Å². The summed E-state index contributed by atoms with van der Waals surface area (Å²) in [5, 5.41) is 14.0. The highest BCUT2D eigenvalue weighted by Crippen LogP contribution is 2.24. The first-order valence-electron chi connectivity index (χ1n) is 6.09. The minimum atomic E-state index is -0.911. The van der Waals surface area contributed by atoms with Gasteiger partial charge in [-0.05, 0) is 18.6 Å². The predicted molar refractivity (Wildman–Crippen MR) is 72.1 cm³/mol. The summed E-state index contributed by atoms with van der Waals surface area (Å²) < 4.78 is 0. The van der Waals surface area contributed by atoms with Crippen molar-refractivity contribution in [3.8, 4) is 0 Å². The molecule has 0 saturated heterocycles. The molecule has 0 fully saturated rings. The fraction of sp³-hybridized carbons (Fsp3) is 0.286. The zero-order valence-electron chi connectivity index (χ0n) is 10.3. The SMILES string of the molecule is CCCCNc1nccc2c(C(=O)O)cccc12. The van der Waals surface area contributed by atoms with E-state index >= 15 is 0 Å². The number of unbranched alkanes of at least 4 members (excludes halogenated alkanes) is 1. The van der Waals surface area contributed by atoms with Gasteiger partial charge in [0, 0.05) is 23.5 Å². The van der Waals surface area contributed by atoms with E-state index in [2.05, 4.69) is 17.2 Å². The summed E-state index contributed by atoms with van der Waals surface area (Å²) in [4.78, 5) is 15.4. The van der Waals surface area contributed by atoms with Gasteiger partial charge in [0.1, 0.15) is 5.82 Å². The molecule has 18 heavy (non-hydrogen) atoms. The highest BCUT2D eigenvalue weighted by atomic mass is 16.4. The van der Waals surface area contributed by atoms with Crippen LogP contribution in [0.3, 0.4) is 0 Å². The summed E-state index contributed by atoms with van der Waals surface area (Å²) in [7, 11) is 0. The molecule has 1 aromatic carbocycles. The molecular weight excluding hydrogens is 228 g/mol. The molecule has 0 aliphatic rings. The summed E-state index contributed by atoms with van der Waals surface area (Å²) >= 11 is 0. The van der Waals surface area contributed by atoms with Crippen LogP contribution >= 0.6 is 0 Å². The molecule has 0 saturated carbocycles. The van der Waals surface area contributed by atoms with Crippen LogP contribution in [0.15, 0.2) is 30.5 Å². The van der Waals surface area contributed by atoms with Crippen molar-refractivity contribution in [1.82, 2.24) is 4.98 Å². The molecule has 2 N–H and O–H groups in total. The molecule has 0 radical (unpaired) electrons. The number of benzene rings is 1. The zero-order valence-corrected chi connectivity index (χ0v) is 10.3. The number of aromatic carboxylic acids is 1. The number of rotatable bonds is 5. The molecule has 0 unspecified atom stereocenters. The van der Waals surface area contributed by atoms with Crippen LogP contribution in [-0.4, -0.2) is 22.6 Å². The number of hydrogen-bond acceptors (Lipinski definition) is 3. The number of anilines is 1. The molecule has 0 spiro atoms. The summed E-state index contributed by atoms with van der Waals surface area (Å²) in [5.41, 5.74) is 0.313. The molecule has 0 amide bonds. The lowest BCUT2D eigenvalue weighted by atomic mass is 10.1. The number of carbonyl (C=O) groups is 1. The Morgan fingerprint density at radius 3 is 2.89 bits per heavy atom. The summed E-state index contributed by atoms with van der Waals surface area (Å²) in [6.45, 7) is 2.97. The van der Waals surface area contributed by atoms with Gasteiger partial charge in [0.05, 0.1) is 5.56 Å². The molecule has 1 heterocycles. The number of carboxylic acid groups (broad SMARTS) is 1. The third-order valence-corrected chi connectivity index (χ3v) is 2.86. The molecule has 94 valence electrons. The Morgan fingerprint density at radius 2 is 2.17 bits per heavy atom. The fourth-order valence-corrected chi connectivity index (χ4v) is 1.92. The van der Waals surface area contributed by atoms with Crippen molar-refractivity contribution in [3.63, 3.8) is 0 Å². The van der Waals surface area contributed by atoms with E-state index in [0.29, 0.717) is 5.56 Å². The molecule has 0 atom stereocenters. The molecule has 1 aromatic heterocycles. The summed E-state index contributed by atoms with van der Waals surface area (Å²) in [6, 6.07) is 6.99. The quantitative estimate of drug-likeness (QED) is 0.793. The number of aromatic nitrogens is 1. The maximum atomic E-state index is 11.1. The van der Waals surface area contributed by atoms with Crippen LogP contribution < -0.4 is 5.32 Å². The van der Waals surface area contributed by atoms with Gasteiger partial charge in [0.2, 0.25) is 0 Å². The van der Waals surface area contributed by atoms with Crippen LogP contribution in [0, 0.1) is 0 Å². The van der Waals surface area contributed by atoms with Crippen LogP contribution in [-0.2, 0) is 0 Å². The number of fused-ring (bicyclic) bond motifs is 1. The van der Waals surface area contributed by atoms with Crippen LogP contribution in [0.5, 0.6) is 0 Å². The Labute approximate surface area is 106 Å². The van der Waals surface area contributed by atoms with E-state index in [0.717, 1.165) is 36.0 Å². The Hall–Kier alpha value is -2.10. The minimum Gasteiger partial charge on any atom is -0.478 e. The summed E-state index contributed by atoms with van der Waals surface area (Å²) in [5.74, 6) is -0.157. The predicted octanol–water partition coefficient (Wildman–Crippen LogP) is 3.15. The van der Waals surface area contributed by atoms with Gasteiger partial charge in [-0.2, -0.15) is 0 Å². The van der Waals surface area contributed by atoms with Crippen LogP contribution in [0.25, 0.3) is 10.8 Å². The highest BCUT2D eigenvalue weighted by Gasteiger charge is 2.10. The topological polar surface area (TPSA) is 62.2 Å². The number of carboxylic acids is 1. The third-order valence-electron chi connectivity index (χ3n) is 2.86. The lowest BCUT2D eigenvalue weighted by Crippen LogP contribution is -2.04. The molecule has 4 heteroatoms. The second-order valence-electron chi connectivity index (χ2n) is 4.15. The Morgan fingerprint density at radius 1 is 1.33 bits per heavy atom. The molecule has 0 bridgehead atoms. The first-order valence-corrected chi connectivity index (χ1v) is 6.09. The number of hydrogen-bond donors (Lipinski definition) is 2. The van der Waals surface area contributed by atoms with Gasteiger partial charge in [-0.1, -0.05) is 25.5 Å². The summed E-state index contributed by atoms with van der Waals surface area (Å²) in [6.07, 6.45) is 3.82. The van der Waals surface area contributed by atoms with E-state index in [1.165, 1.54) is 0 Å². The average Bonchev–Trinajstić information content (AvgIpc) is 2.38. The Kier molecular flexibility index (Phi) is 3.77. The average molecular weight is 244 g/mol. The van der Waals surface area contributed by atoms with Gasteiger partial charge >= 0.3 is 5.97 Å². The van der Waals surface area contributed by atoms with Crippen LogP contribution in [0.2, 0.25) is 0 Å². The highest BCUT2D eigenvalue weighted by molar-refractivity contribution is 6.06. The zero-order chi connectivity index (χ0) is 13.0. The van der Waals surface area contributed by atoms with Crippen molar-refractivity contribution in [3.05, 3.63) is 36.0 Å². The molecule has 0 aliphatic heterocycles. The number of pyridine rings is 1. The molecule has 4 nitrogen and oxygen atoms in total. The lowest BCUT2D eigenvalue weighted by Gasteiger charge is -2.09. The first kappa shape index (κ1) is 12.4. The van der Waals surface area contributed by atoms with Gasteiger partial charge in [-0.15, -0.1) is 0 Å². The molecule has 0 aliphatic carbocycles. The van der Waals surface area contributed by atoms with E-state index < -0.39 is 5.97 Å². The van der Waals surface area contributed by atoms with Gasteiger partial charge in [-0.25, -0.2) is 9.78 Å². The largest absolute Gasteiger partial charge is 0.478 e. The van der Waals surface area contributed by atoms with E-state index in [4.69, 9.17) is 5.11 Å². The standard InChI is InChI=1S/C14H16N2O2/c1-2-3-8-15-13-11-5-4-6-12(14(17)18)10(11)7-9-16-13/h4-7,9H,2-3,8H2,1H3,(H,15,16)(H,17,18). The van der Waals surface area contributed by atoms with Crippen molar-refractivity contribution in [2.45, 2.75) is 19.8 Å². The second-order valence-corrected chi connectivity index (χ2v) is 4.15. The number of nitrogens with zero attached hydrogens (tertiary/aromatic N) is 1.